The summed E-state index contributed by atoms with van der Waals surface area (Å²) in [4.78, 5) is 11.4. The van der Waals surface area contributed by atoms with Crippen molar-refractivity contribution in [2.24, 2.45) is 0 Å². The summed E-state index contributed by atoms with van der Waals surface area (Å²) in [5.74, 6) is 0. The number of amides is 1. The highest BCUT2D eigenvalue weighted by Crippen LogP contribution is 2.10. The lowest BCUT2D eigenvalue weighted by Gasteiger charge is -2.09. The second kappa shape index (κ2) is 8.66. The standard InChI is InChI=1S/C13H20N2O3S/c1-10(2)17-8-7-14-13(16)18-9-11-3-5-12(15-19)6-4-11/h3-6,10,15,19H,7-9H2,1-2H3,(H,14,16). The number of ether oxygens (including phenoxy) is 2. The van der Waals surface area contributed by atoms with Crippen molar-refractivity contribution in [3.05, 3.63) is 29.8 Å². The van der Waals surface area contributed by atoms with Gasteiger partial charge in [-0.1, -0.05) is 24.9 Å². The normalized spacial score (nSPS) is 10.3. The third-order valence-corrected chi connectivity index (χ3v) is 2.53. The van der Waals surface area contributed by atoms with Gasteiger partial charge in [0, 0.05) is 12.2 Å². The highest BCUT2D eigenvalue weighted by atomic mass is 32.1. The smallest absolute Gasteiger partial charge is 0.407 e. The number of rotatable bonds is 7. The largest absolute Gasteiger partial charge is 0.445 e. The first-order chi connectivity index (χ1) is 9.11. The summed E-state index contributed by atoms with van der Waals surface area (Å²) < 4.78 is 13.1. The van der Waals surface area contributed by atoms with E-state index in [1.54, 1.807) is 0 Å². The molecule has 0 aromatic heterocycles. The van der Waals surface area contributed by atoms with Crippen molar-refractivity contribution >= 4 is 24.6 Å². The average Bonchev–Trinajstić information content (AvgIpc) is 2.41. The summed E-state index contributed by atoms with van der Waals surface area (Å²) in [7, 11) is 0. The fourth-order valence-corrected chi connectivity index (χ4v) is 1.47. The fourth-order valence-electron chi connectivity index (χ4n) is 1.32. The van der Waals surface area contributed by atoms with Crippen molar-refractivity contribution < 1.29 is 14.3 Å². The van der Waals surface area contributed by atoms with Crippen LogP contribution in [0.25, 0.3) is 0 Å². The number of alkyl carbamates (subject to hydrolysis) is 1. The van der Waals surface area contributed by atoms with Gasteiger partial charge in [-0.05, 0) is 31.5 Å². The molecule has 0 unspecified atom stereocenters. The Labute approximate surface area is 119 Å². The van der Waals surface area contributed by atoms with Crippen molar-refractivity contribution in [3.63, 3.8) is 0 Å². The van der Waals surface area contributed by atoms with Crippen molar-refractivity contribution in [3.8, 4) is 0 Å². The predicted molar refractivity (Wildman–Crippen MR) is 78.3 cm³/mol. The quantitative estimate of drug-likeness (QED) is 0.532. The van der Waals surface area contributed by atoms with Gasteiger partial charge in [-0.2, -0.15) is 0 Å². The van der Waals surface area contributed by atoms with Crippen LogP contribution in [0, 0.1) is 0 Å². The minimum absolute atomic E-state index is 0.164. The Balaban J connectivity index is 2.18. The van der Waals surface area contributed by atoms with E-state index in [9.17, 15) is 4.79 Å². The predicted octanol–water partition coefficient (Wildman–Crippen LogP) is 2.59. The van der Waals surface area contributed by atoms with E-state index in [0.29, 0.717) is 13.2 Å². The second-order valence-electron chi connectivity index (χ2n) is 4.23. The van der Waals surface area contributed by atoms with Gasteiger partial charge in [0.2, 0.25) is 0 Å². The van der Waals surface area contributed by atoms with Crippen LogP contribution in [0.2, 0.25) is 0 Å². The lowest BCUT2D eigenvalue weighted by Crippen LogP contribution is -2.28. The first kappa shape index (κ1) is 15.7. The number of nitrogens with one attached hydrogen (secondary N) is 2. The number of benzene rings is 1. The molecule has 0 spiro atoms. The van der Waals surface area contributed by atoms with Crippen molar-refractivity contribution in [1.29, 1.82) is 0 Å². The molecule has 0 aliphatic rings. The molecule has 1 rings (SSSR count). The molecule has 2 N–H and O–H groups in total. The topological polar surface area (TPSA) is 59.6 Å². The Hall–Kier alpha value is -1.40. The summed E-state index contributed by atoms with van der Waals surface area (Å²) in [6, 6.07) is 7.46. The van der Waals surface area contributed by atoms with E-state index < -0.39 is 6.09 Å². The molecule has 106 valence electrons. The van der Waals surface area contributed by atoms with Gasteiger partial charge < -0.3 is 19.5 Å². The average molecular weight is 284 g/mol. The van der Waals surface area contributed by atoms with E-state index in [1.807, 2.05) is 38.1 Å². The number of carbonyl (C=O) groups is 1. The van der Waals surface area contributed by atoms with Gasteiger partial charge in [0.05, 0.1) is 12.7 Å². The van der Waals surface area contributed by atoms with Crippen molar-refractivity contribution in [2.45, 2.75) is 26.6 Å². The number of thiol groups is 1. The van der Waals surface area contributed by atoms with Crippen LogP contribution in [-0.4, -0.2) is 25.3 Å². The van der Waals surface area contributed by atoms with Crippen LogP contribution < -0.4 is 10.0 Å². The molecule has 1 amide bonds. The molecule has 0 heterocycles. The maximum Gasteiger partial charge on any atom is 0.407 e. The number of hydrogen-bond donors (Lipinski definition) is 3. The molecule has 1 aromatic carbocycles. The van der Waals surface area contributed by atoms with Gasteiger partial charge in [0.1, 0.15) is 6.61 Å². The molecule has 0 aliphatic heterocycles. The van der Waals surface area contributed by atoms with Crippen LogP contribution in [-0.2, 0) is 16.1 Å². The Morgan fingerprint density at radius 2 is 2.00 bits per heavy atom. The van der Waals surface area contributed by atoms with Gasteiger partial charge in [0.15, 0.2) is 0 Å². The Bertz CT molecular complexity index is 382. The highest BCUT2D eigenvalue weighted by Gasteiger charge is 2.02. The molecule has 0 atom stereocenters. The van der Waals surface area contributed by atoms with Crippen molar-refractivity contribution in [1.82, 2.24) is 5.32 Å². The van der Waals surface area contributed by atoms with Gasteiger partial charge >= 0.3 is 6.09 Å². The monoisotopic (exact) mass is 284 g/mol. The zero-order valence-corrected chi connectivity index (χ0v) is 12.1. The maximum atomic E-state index is 11.4. The lowest BCUT2D eigenvalue weighted by atomic mass is 10.2. The van der Waals surface area contributed by atoms with E-state index >= 15 is 0 Å². The van der Waals surface area contributed by atoms with Crippen LogP contribution in [0.15, 0.2) is 24.3 Å². The molecule has 6 heteroatoms. The third-order valence-electron chi connectivity index (χ3n) is 2.28. The summed E-state index contributed by atoms with van der Waals surface area (Å²) in [5.41, 5.74) is 1.81. The summed E-state index contributed by atoms with van der Waals surface area (Å²) in [6.45, 7) is 5.06. The van der Waals surface area contributed by atoms with E-state index in [4.69, 9.17) is 9.47 Å². The van der Waals surface area contributed by atoms with Crippen LogP contribution in [0.3, 0.4) is 0 Å². The van der Waals surface area contributed by atoms with E-state index in [-0.39, 0.29) is 12.7 Å². The van der Waals surface area contributed by atoms with Crippen LogP contribution in [0.4, 0.5) is 10.5 Å². The summed E-state index contributed by atoms with van der Waals surface area (Å²) >= 11 is 3.93. The Kier molecular flexibility index (Phi) is 7.14. The Morgan fingerprint density at radius 1 is 1.32 bits per heavy atom. The zero-order chi connectivity index (χ0) is 14.1. The van der Waals surface area contributed by atoms with Gasteiger partial charge in [-0.3, -0.25) is 0 Å². The molecule has 0 bridgehead atoms. The molecule has 0 radical (unpaired) electrons. The number of anilines is 1. The zero-order valence-electron chi connectivity index (χ0n) is 11.2. The lowest BCUT2D eigenvalue weighted by molar-refractivity contribution is 0.0775. The first-order valence-electron chi connectivity index (χ1n) is 6.13. The minimum atomic E-state index is -0.441. The molecule has 0 fully saturated rings. The first-order valence-corrected chi connectivity index (χ1v) is 6.58. The fraction of sp³-hybridized carbons (Fsp3) is 0.462. The van der Waals surface area contributed by atoms with Crippen LogP contribution in [0.1, 0.15) is 19.4 Å². The van der Waals surface area contributed by atoms with E-state index in [0.717, 1.165) is 11.3 Å². The molecule has 0 saturated carbocycles. The Morgan fingerprint density at radius 3 is 2.58 bits per heavy atom. The highest BCUT2D eigenvalue weighted by molar-refractivity contribution is 7.81. The van der Waals surface area contributed by atoms with Gasteiger partial charge in [0.25, 0.3) is 0 Å². The molecule has 5 nitrogen and oxygen atoms in total. The molecular weight excluding hydrogens is 264 g/mol. The van der Waals surface area contributed by atoms with Gasteiger partial charge in [-0.15, -0.1) is 0 Å². The number of carbonyl (C=O) groups excluding carboxylic acids is 1. The molecule has 1 aromatic rings. The third kappa shape index (κ3) is 6.93. The minimum Gasteiger partial charge on any atom is -0.445 e. The maximum absolute atomic E-state index is 11.4. The van der Waals surface area contributed by atoms with Gasteiger partial charge in [-0.25, -0.2) is 4.79 Å². The van der Waals surface area contributed by atoms with Crippen LogP contribution >= 0.6 is 12.8 Å². The van der Waals surface area contributed by atoms with E-state index in [2.05, 4.69) is 22.9 Å². The molecule has 0 aliphatic carbocycles. The van der Waals surface area contributed by atoms with E-state index in [1.165, 1.54) is 0 Å². The SMILES string of the molecule is CC(C)OCCNC(=O)OCc1ccc(NS)cc1. The molecule has 0 saturated heterocycles. The summed E-state index contributed by atoms with van der Waals surface area (Å²) in [6.07, 6.45) is -0.277. The van der Waals surface area contributed by atoms with Crippen LogP contribution in [0.5, 0.6) is 0 Å². The molecule has 19 heavy (non-hydrogen) atoms. The molecular formula is C13H20N2O3S. The second-order valence-corrected chi connectivity index (χ2v) is 4.45. The van der Waals surface area contributed by atoms with Crippen molar-refractivity contribution in [2.75, 3.05) is 17.9 Å². The number of hydrogen-bond acceptors (Lipinski definition) is 5. The summed E-state index contributed by atoms with van der Waals surface area (Å²) in [5, 5.41) is 2.62.